The first-order valence-corrected chi connectivity index (χ1v) is 6.22. The number of carbonyl (C=O) groups excluding carboxylic acids is 2. The first-order chi connectivity index (χ1) is 9.87. The molecule has 0 bridgehead atoms. The van der Waals surface area contributed by atoms with Crippen LogP contribution in [0.15, 0.2) is 0 Å². The summed E-state index contributed by atoms with van der Waals surface area (Å²) in [6, 6.07) is -0.879. The zero-order chi connectivity index (χ0) is 16.0. The minimum atomic E-state index is -1.60. The van der Waals surface area contributed by atoms with E-state index in [1.807, 2.05) is 0 Å². The lowest BCUT2D eigenvalue weighted by Crippen LogP contribution is -2.45. The summed E-state index contributed by atoms with van der Waals surface area (Å²) in [4.78, 5) is 34.8. The van der Waals surface area contributed by atoms with Crippen LogP contribution in [0.2, 0.25) is 0 Å². The Morgan fingerprint density at radius 2 is 2.14 bits per heavy atom. The van der Waals surface area contributed by atoms with Gasteiger partial charge in [0.1, 0.15) is 11.5 Å². The molecule has 10 nitrogen and oxygen atoms in total. The number of tetrazole rings is 1. The fourth-order valence-electron chi connectivity index (χ4n) is 1.85. The number of aliphatic carboxylic acids is 1. The van der Waals surface area contributed by atoms with Crippen LogP contribution in [-0.2, 0) is 24.5 Å². The number of rotatable bonds is 7. The van der Waals surface area contributed by atoms with E-state index in [9.17, 15) is 19.5 Å². The average Bonchev–Trinajstić information content (AvgIpc) is 2.97. The largest absolute Gasteiger partial charge is 0.480 e. The molecule has 0 saturated heterocycles. The van der Waals surface area contributed by atoms with Crippen LogP contribution in [0.25, 0.3) is 0 Å². The number of carboxylic acid groups (broad SMARTS) is 1. The van der Waals surface area contributed by atoms with Gasteiger partial charge in [0.05, 0.1) is 13.5 Å². The third-order valence-electron chi connectivity index (χ3n) is 3.18. The maximum atomic E-state index is 12.0. The Balaban J connectivity index is 2.91. The van der Waals surface area contributed by atoms with Crippen LogP contribution in [0.5, 0.6) is 0 Å². The Morgan fingerprint density at radius 3 is 2.57 bits per heavy atom. The fourth-order valence-corrected chi connectivity index (χ4v) is 1.85. The van der Waals surface area contributed by atoms with Crippen molar-refractivity contribution in [2.45, 2.75) is 38.1 Å². The van der Waals surface area contributed by atoms with Crippen molar-refractivity contribution in [3.8, 4) is 0 Å². The smallest absolute Gasteiger partial charge is 0.328 e. The summed E-state index contributed by atoms with van der Waals surface area (Å²) in [7, 11) is 1.19. The van der Waals surface area contributed by atoms with Crippen molar-refractivity contribution >= 4 is 17.8 Å². The van der Waals surface area contributed by atoms with Gasteiger partial charge in [0, 0.05) is 0 Å². The molecule has 21 heavy (non-hydrogen) atoms. The van der Waals surface area contributed by atoms with Crippen LogP contribution in [0, 0.1) is 0 Å². The lowest BCUT2D eigenvalue weighted by Gasteiger charge is -2.24. The maximum Gasteiger partial charge on any atom is 0.328 e. The number of nitrogens with zero attached hydrogens (tertiary/aromatic N) is 3. The number of carbonyl (C=O) groups is 3. The van der Waals surface area contributed by atoms with Crippen LogP contribution >= 0.6 is 0 Å². The number of hydrogen-bond acceptors (Lipinski definition) is 7. The number of nitrogens with one attached hydrogen (secondary N) is 2. The molecule has 1 unspecified atom stereocenters. The SMILES string of the molecule is CCC(CC(=O)N[C@H](C)C(=O)OC)(C(=O)O)c1nn[nH]n1. The summed E-state index contributed by atoms with van der Waals surface area (Å²) in [5, 5.41) is 24.6. The molecule has 1 amide bonds. The topological polar surface area (TPSA) is 147 Å². The van der Waals surface area contributed by atoms with Gasteiger partial charge in [-0.25, -0.2) is 4.79 Å². The molecule has 0 radical (unpaired) electrons. The molecule has 0 saturated carbocycles. The Bertz CT molecular complexity index is 517. The first-order valence-electron chi connectivity index (χ1n) is 6.22. The second-order valence-electron chi connectivity index (χ2n) is 4.47. The number of aromatic nitrogens is 4. The van der Waals surface area contributed by atoms with Gasteiger partial charge in [-0.1, -0.05) is 12.1 Å². The zero-order valence-electron chi connectivity index (χ0n) is 11.9. The van der Waals surface area contributed by atoms with Gasteiger partial charge in [-0.15, -0.1) is 10.2 Å². The monoisotopic (exact) mass is 299 g/mol. The predicted octanol–water partition coefficient (Wildman–Crippen LogP) is -1.00. The molecule has 0 aliphatic carbocycles. The van der Waals surface area contributed by atoms with Gasteiger partial charge >= 0.3 is 11.9 Å². The fraction of sp³-hybridized carbons (Fsp3) is 0.636. The lowest BCUT2D eigenvalue weighted by atomic mass is 9.80. The van der Waals surface area contributed by atoms with Crippen LogP contribution in [0.1, 0.15) is 32.5 Å². The van der Waals surface area contributed by atoms with Crippen molar-refractivity contribution in [3.63, 3.8) is 0 Å². The molecule has 2 atom stereocenters. The molecular formula is C11H17N5O5. The van der Waals surface area contributed by atoms with E-state index in [4.69, 9.17) is 0 Å². The minimum Gasteiger partial charge on any atom is -0.480 e. The van der Waals surface area contributed by atoms with Gasteiger partial charge in [-0.05, 0) is 13.3 Å². The van der Waals surface area contributed by atoms with Crippen LogP contribution in [-0.4, -0.2) is 56.7 Å². The zero-order valence-corrected chi connectivity index (χ0v) is 11.9. The summed E-state index contributed by atoms with van der Waals surface area (Å²) in [5.41, 5.74) is -1.60. The summed E-state index contributed by atoms with van der Waals surface area (Å²) >= 11 is 0. The number of methoxy groups -OCH3 is 1. The first kappa shape index (κ1) is 16.5. The van der Waals surface area contributed by atoms with Crippen molar-refractivity contribution in [2.24, 2.45) is 0 Å². The molecule has 1 aromatic heterocycles. The van der Waals surface area contributed by atoms with Gasteiger partial charge in [0.25, 0.3) is 0 Å². The number of carboxylic acids is 1. The quantitative estimate of drug-likeness (QED) is 0.543. The Kier molecular flexibility index (Phi) is 5.33. The predicted molar refractivity (Wildman–Crippen MR) is 68.0 cm³/mol. The van der Waals surface area contributed by atoms with Gasteiger partial charge < -0.3 is 15.2 Å². The number of aromatic amines is 1. The Morgan fingerprint density at radius 1 is 1.48 bits per heavy atom. The number of amides is 1. The van der Waals surface area contributed by atoms with E-state index in [2.05, 4.69) is 30.7 Å². The molecule has 116 valence electrons. The third-order valence-corrected chi connectivity index (χ3v) is 3.18. The molecule has 0 fully saturated rings. The standard InChI is InChI=1S/C11H17N5O5/c1-4-11(10(19)20,9-13-15-16-14-9)5-7(17)12-6(2)8(18)21-3/h6H,4-5H2,1-3H3,(H,12,17)(H,19,20)(H,13,14,15,16)/t6-,11?/m1/s1. The molecule has 0 spiro atoms. The third kappa shape index (κ3) is 3.52. The number of H-pyrrole nitrogens is 1. The molecule has 0 aromatic carbocycles. The van der Waals surface area contributed by atoms with E-state index in [1.54, 1.807) is 6.92 Å². The molecular weight excluding hydrogens is 282 g/mol. The minimum absolute atomic E-state index is 0.0848. The van der Waals surface area contributed by atoms with Crippen LogP contribution < -0.4 is 5.32 Å². The van der Waals surface area contributed by atoms with E-state index < -0.39 is 35.7 Å². The van der Waals surface area contributed by atoms with Gasteiger partial charge in [0.15, 0.2) is 5.82 Å². The Hall–Kier alpha value is -2.52. The van der Waals surface area contributed by atoms with Crippen molar-refractivity contribution < 1.29 is 24.2 Å². The summed E-state index contributed by atoms with van der Waals surface area (Å²) < 4.78 is 4.48. The summed E-state index contributed by atoms with van der Waals surface area (Å²) in [6.45, 7) is 3.04. The molecule has 0 aliphatic heterocycles. The maximum absolute atomic E-state index is 12.0. The van der Waals surface area contributed by atoms with Crippen molar-refractivity contribution in [1.82, 2.24) is 25.9 Å². The van der Waals surface area contributed by atoms with Crippen molar-refractivity contribution in [1.29, 1.82) is 0 Å². The number of hydrogen-bond donors (Lipinski definition) is 3. The number of ether oxygens (including phenoxy) is 1. The lowest BCUT2D eigenvalue weighted by molar-refractivity contribution is -0.148. The van der Waals surface area contributed by atoms with Crippen LogP contribution in [0.4, 0.5) is 0 Å². The molecule has 10 heteroatoms. The van der Waals surface area contributed by atoms with E-state index in [-0.39, 0.29) is 12.2 Å². The number of esters is 1. The molecule has 1 heterocycles. The summed E-state index contributed by atoms with van der Waals surface area (Å²) in [5.74, 6) is -2.58. The highest BCUT2D eigenvalue weighted by molar-refractivity contribution is 5.90. The molecule has 3 N–H and O–H groups in total. The van der Waals surface area contributed by atoms with E-state index in [0.29, 0.717) is 0 Å². The molecule has 0 aliphatic rings. The van der Waals surface area contributed by atoms with Gasteiger partial charge in [-0.2, -0.15) is 5.21 Å². The second-order valence-corrected chi connectivity index (χ2v) is 4.47. The van der Waals surface area contributed by atoms with Crippen molar-refractivity contribution in [2.75, 3.05) is 7.11 Å². The summed E-state index contributed by atoms with van der Waals surface area (Å²) in [6.07, 6.45) is -0.332. The van der Waals surface area contributed by atoms with E-state index >= 15 is 0 Å². The molecule has 1 rings (SSSR count). The van der Waals surface area contributed by atoms with E-state index in [0.717, 1.165) is 0 Å². The average molecular weight is 299 g/mol. The highest BCUT2D eigenvalue weighted by Gasteiger charge is 2.45. The second kappa shape index (κ2) is 6.77. The highest BCUT2D eigenvalue weighted by atomic mass is 16.5. The van der Waals surface area contributed by atoms with Crippen molar-refractivity contribution in [3.05, 3.63) is 5.82 Å². The van der Waals surface area contributed by atoms with Gasteiger partial charge in [-0.3, -0.25) is 9.59 Å². The van der Waals surface area contributed by atoms with E-state index in [1.165, 1.54) is 14.0 Å². The Labute approximate surface area is 120 Å². The highest BCUT2D eigenvalue weighted by Crippen LogP contribution is 2.29. The van der Waals surface area contributed by atoms with Crippen LogP contribution in [0.3, 0.4) is 0 Å². The normalized spacial score (nSPS) is 14.8. The van der Waals surface area contributed by atoms with Gasteiger partial charge in [0.2, 0.25) is 5.91 Å². The molecule has 1 aromatic rings.